The Kier molecular flexibility index (Phi) is 18.4. The topological polar surface area (TPSA) is 74.8 Å². The SMILES string of the molecule is CN(C(=O)c1ccccc1)c1cccc(C(=O)Cc2c(Br)cc(C(F)(C(F)(F)F)C(F)(F)F)cc2C(F)(F)F)c1F.CN(C(=O)c1ccccc1)c1cccc(C(=O)Cc2ccc(C(F)(C(F)(F)F)C(F)(F)F)cc2C(F)(F)F)c1F. The summed E-state index contributed by atoms with van der Waals surface area (Å²) in [5.74, 6) is -6.79. The zero-order chi connectivity index (χ0) is 61.4. The molecule has 6 rings (SSSR count). The van der Waals surface area contributed by atoms with Crippen molar-refractivity contribution in [3.05, 3.63) is 199 Å². The molecule has 2 amide bonds. The molecule has 0 bridgehead atoms. The molecule has 0 radical (unpaired) electrons. The Morgan fingerprint density at radius 1 is 0.420 bits per heavy atom. The molecule has 81 heavy (non-hydrogen) atoms. The summed E-state index contributed by atoms with van der Waals surface area (Å²) >= 11 is 2.42. The molecule has 0 aliphatic carbocycles. The number of anilines is 2. The van der Waals surface area contributed by atoms with Crippen molar-refractivity contribution in [2.45, 2.75) is 61.2 Å². The zero-order valence-electron chi connectivity index (χ0n) is 40.3. The van der Waals surface area contributed by atoms with Crippen LogP contribution < -0.4 is 9.80 Å². The summed E-state index contributed by atoms with van der Waals surface area (Å²) < 4.78 is 298. The van der Waals surface area contributed by atoms with Crippen molar-refractivity contribution in [3.63, 3.8) is 0 Å². The highest BCUT2D eigenvalue weighted by atomic mass is 79.9. The van der Waals surface area contributed by atoms with Crippen LogP contribution in [0.1, 0.15) is 74.8 Å². The van der Waals surface area contributed by atoms with Gasteiger partial charge in [0.25, 0.3) is 11.8 Å². The first-order valence-electron chi connectivity index (χ1n) is 22.1. The van der Waals surface area contributed by atoms with Crippen molar-refractivity contribution >= 4 is 50.7 Å². The van der Waals surface area contributed by atoms with Gasteiger partial charge < -0.3 is 9.80 Å². The Balaban J connectivity index is 0.000000297. The third-order valence-electron chi connectivity index (χ3n) is 11.9. The molecular formula is C52H31BrF22N2O4. The predicted octanol–water partition coefficient (Wildman–Crippen LogP) is 16.4. The van der Waals surface area contributed by atoms with Gasteiger partial charge in [-0.25, -0.2) is 17.6 Å². The number of alkyl halides is 20. The van der Waals surface area contributed by atoms with Crippen molar-refractivity contribution in [2.75, 3.05) is 23.9 Å². The lowest BCUT2D eigenvalue weighted by molar-refractivity contribution is -0.349. The van der Waals surface area contributed by atoms with Crippen LogP contribution in [0.5, 0.6) is 0 Å². The van der Waals surface area contributed by atoms with E-state index >= 15 is 8.78 Å². The third-order valence-corrected chi connectivity index (χ3v) is 12.6. The minimum atomic E-state index is -6.70. The van der Waals surface area contributed by atoms with Crippen LogP contribution in [-0.2, 0) is 36.5 Å². The van der Waals surface area contributed by atoms with Gasteiger partial charge in [-0.15, -0.1) is 0 Å². The van der Waals surface area contributed by atoms with Crippen LogP contribution in [0.25, 0.3) is 0 Å². The van der Waals surface area contributed by atoms with Gasteiger partial charge in [0.2, 0.25) is 0 Å². The highest BCUT2D eigenvalue weighted by molar-refractivity contribution is 9.10. The number of halogens is 23. The lowest BCUT2D eigenvalue weighted by atomic mass is 9.89. The first-order valence-corrected chi connectivity index (χ1v) is 22.9. The molecule has 0 aliphatic heterocycles. The lowest BCUT2D eigenvalue weighted by Crippen LogP contribution is -2.50. The van der Waals surface area contributed by atoms with Crippen molar-refractivity contribution in [1.29, 1.82) is 0 Å². The van der Waals surface area contributed by atoms with E-state index in [2.05, 4.69) is 15.9 Å². The van der Waals surface area contributed by atoms with Gasteiger partial charge in [-0.1, -0.05) is 76.6 Å². The van der Waals surface area contributed by atoms with Gasteiger partial charge in [0, 0.05) is 53.7 Å². The zero-order valence-corrected chi connectivity index (χ0v) is 41.8. The fraction of sp³-hybridized carbons (Fsp3) is 0.231. The molecular weight excluding hydrogens is 1210 g/mol. The Hall–Kier alpha value is -7.46. The molecule has 6 aromatic rings. The minimum absolute atomic E-state index is 0.0919. The molecule has 434 valence electrons. The fourth-order valence-corrected chi connectivity index (χ4v) is 8.33. The highest BCUT2D eigenvalue weighted by Crippen LogP contribution is 2.56. The number of Topliss-reactive ketones (excluding diaryl/α,β-unsaturated/α-hetero) is 2. The average molecular weight is 1250 g/mol. The monoisotopic (exact) mass is 1240 g/mol. The van der Waals surface area contributed by atoms with Crippen molar-refractivity contribution < 1.29 is 116 Å². The molecule has 6 aromatic carbocycles. The molecule has 0 spiro atoms. The summed E-state index contributed by atoms with van der Waals surface area (Å²) in [5, 5.41) is 0. The van der Waals surface area contributed by atoms with E-state index in [4.69, 9.17) is 0 Å². The molecule has 0 N–H and O–H groups in total. The van der Waals surface area contributed by atoms with Crippen LogP contribution in [0.2, 0.25) is 0 Å². The van der Waals surface area contributed by atoms with E-state index in [0.29, 0.717) is 0 Å². The van der Waals surface area contributed by atoms with Gasteiger partial charge in [-0.05, 0) is 77.9 Å². The highest BCUT2D eigenvalue weighted by Gasteiger charge is 2.75. The van der Waals surface area contributed by atoms with Gasteiger partial charge in [-0.2, -0.15) is 79.0 Å². The maximum atomic E-state index is 15.3. The standard InChI is InChI=1S/C26H15BrF11NO2.C26H16F11NO2/c1-39(22(41)13-6-3-2-4-7-13)19-9-5-8-15(21(19)28)20(40)12-16-17(24(30,31)32)10-14(11-18(16)27)23(29,25(33,34)35)26(36,37)38;1-38(22(40)14-6-3-2-4-7-14)19-9-5-8-17(21(19)27)20(39)12-15-10-11-16(13-18(15)24(29,30)31)23(28,25(32,33)34)26(35,36)37/h2-11H,12H2,1H3;2-11,13H,12H2,1H3. The van der Waals surface area contributed by atoms with Crippen LogP contribution in [0, 0.1) is 11.6 Å². The maximum Gasteiger partial charge on any atom is 0.435 e. The summed E-state index contributed by atoms with van der Waals surface area (Å²) in [6.45, 7) is 0. The van der Waals surface area contributed by atoms with Gasteiger partial charge in [0.05, 0.1) is 33.6 Å². The molecule has 0 saturated carbocycles. The average Bonchev–Trinajstić information content (AvgIpc) is 3.56. The van der Waals surface area contributed by atoms with E-state index in [9.17, 15) is 107 Å². The minimum Gasteiger partial charge on any atom is -0.309 e. The van der Waals surface area contributed by atoms with Gasteiger partial charge in [0.1, 0.15) is 0 Å². The first kappa shape index (κ1) is 64.4. The Labute approximate surface area is 449 Å². The van der Waals surface area contributed by atoms with E-state index in [1.54, 1.807) is 12.1 Å². The number of amides is 2. The predicted molar refractivity (Wildman–Crippen MR) is 248 cm³/mol. The molecule has 0 fully saturated rings. The first-order chi connectivity index (χ1) is 37.0. The molecule has 0 aromatic heterocycles. The summed E-state index contributed by atoms with van der Waals surface area (Å²) in [5.41, 5.74) is -26.0. The van der Waals surface area contributed by atoms with Crippen molar-refractivity contribution in [1.82, 2.24) is 0 Å². The maximum absolute atomic E-state index is 15.3. The van der Waals surface area contributed by atoms with Gasteiger partial charge >= 0.3 is 48.4 Å². The Morgan fingerprint density at radius 3 is 1.15 bits per heavy atom. The van der Waals surface area contributed by atoms with Gasteiger partial charge in [0.15, 0.2) is 23.2 Å². The number of carbonyl (C=O) groups excluding carboxylic acids is 4. The number of carbonyl (C=O) groups is 4. The van der Waals surface area contributed by atoms with Crippen LogP contribution in [0.15, 0.2) is 132 Å². The molecule has 6 nitrogen and oxygen atoms in total. The Bertz CT molecular complexity index is 3290. The normalized spacial score (nSPS) is 12.8. The van der Waals surface area contributed by atoms with Gasteiger partial charge in [-0.3, -0.25) is 19.2 Å². The number of hydrogen-bond donors (Lipinski definition) is 0. The molecule has 29 heteroatoms. The summed E-state index contributed by atoms with van der Waals surface area (Å²) in [4.78, 5) is 52.7. The van der Waals surface area contributed by atoms with Crippen LogP contribution in [0.4, 0.5) is 108 Å². The smallest absolute Gasteiger partial charge is 0.309 e. The molecule has 0 aliphatic rings. The van der Waals surface area contributed by atoms with E-state index in [1.165, 1.54) is 48.5 Å². The van der Waals surface area contributed by atoms with Crippen LogP contribution in [-0.4, -0.2) is 62.2 Å². The largest absolute Gasteiger partial charge is 0.435 e. The number of rotatable bonds is 12. The van der Waals surface area contributed by atoms with E-state index in [-0.39, 0.29) is 29.3 Å². The third kappa shape index (κ3) is 13.2. The van der Waals surface area contributed by atoms with Crippen LogP contribution >= 0.6 is 15.9 Å². The molecule has 0 heterocycles. The quantitative estimate of drug-likeness (QED) is 0.0904. The second-order valence-electron chi connectivity index (χ2n) is 17.1. The number of hydrogen-bond acceptors (Lipinski definition) is 4. The molecule has 0 saturated heterocycles. The number of ketones is 2. The number of nitrogens with zero attached hydrogens (tertiary/aromatic N) is 2. The summed E-state index contributed by atoms with van der Waals surface area (Å²) in [6.07, 6.45) is -40.7. The summed E-state index contributed by atoms with van der Waals surface area (Å²) in [7, 11) is 2.32. The van der Waals surface area contributed by atoms with E-state index < -0.39 is 169 Å². The second-order valence-corrected chi connectivity index (χ2v) is 18.0. The number of benzene rings is 6. The van der Waals surface area contributed by atoms with E-state index in [1.807, 2.05) is 0 Å². The molecule has 0 atom stereocenters. The van der Waals surface area contributed by atoms with Crippen LogP contribution in [0.3, 0.4) is 0 Å². The lowest BCUT2D eigenvalue weighted by Gasteiger charge is -2.31. The second kappa shape index (κ2) is 23.2. The van der Waals surface area contributed by atoms with Crippen molar-refractivity contribution in [2.24, 2.45) is 0 Å². The molecule has 0 unspecified atom stereocenters. The Morgan fingerprint density at radius 2 is 0.778 bits per heavy atom. The fourth-order valence-electron chi connectivity index (χ4n) is 7.73. The summed E-state index contributed by atoms with van der Waals surface area (Å²) in [6, 6.07) is 19.5. The van der Waals surface area contributed by atoms with E-state index in [0.717, 1.165) is 60.3 Å². The van der Waals surface area contributed by atoms with Crippen molar-refractivity contribution in [3.8, 4) is 0 Å².